The summed E-state index contributed by atoms with van der Waals surface area (Å²) < 4.78 is 16.4. The molecule has 3 rings (SSSR count). The number of allylic oxidation sites excluding steroid dienone is 1. The fraction of sp³-hybridized carbons (Fsp3) is 0.250. The van der Waals surface area contributed by atoms with Crippen molar-refractivity contribution in [1.82, 2.24) is 0 Å². The third kappa shape index (κ3) is 6.96. The van der Waals surface area contributed by atoms with Gasteiger partial charge in [0.05, 0.1) is 7.11 Å². The number of carbonyl (C=O) groups is 1. The highest BCUT2D eigenvalue weighted by Crippen LogP contribution is 2.25. The number of aliphatic carboxylic acids is 1. The Morgan fingerprint density at radius 2 is 1.70 bits per heavy atom. The van der Waals surface area contributed by atoms with Crippen LogP contribution in [-0.2, 0) is 16.0 Å². The third-order valence-electron chi connectivity index (χ3n) is 5.37. The van der Waals surface area contributed by atoms with E-state index in [1.54, 1.807) is 14.0 Å². The van der Waals surface area contributed by atoms with Gasteiger partial charge in [0.2, 0.25) is 0 Å². The standard InChI is InChI=1S/C28H30O5/c1-4-32-27(28(29)30)18-21-8-14-25(15-9-21)33-17-16-20(2)22-10-12-23(13-11-22)24-6-5-7-26(19-24)31-3/h5-16,19,27H,4,17-18H2,1-3H3,(H,29,30)/b20-16-/t27-/m0/s1. The summed E-state index contributed by atoms with van der Waals surface area (Å²) in [5.74, 6) is 0.627. The van der Waals surface area contributed by atoms with Crippen LogP contribution in [0.25, 0.3) is 16.7 Å². The van der Waals surface area contributed by atoms with Crippen molar-refractivity contribution in [2.45, 2.75) is 26.4 Å². The monoisotopic (exact) mass is 446 g/mol. The van der Waals surface area contributed by atoms with Gasteiger partial charge in [-0.3, -0.25) is 0 Å². The normalized spacial score (nSPS) is 12.3. The molecule has 1 N–H and O–H groups in total. The van der Waals surface area contributed by atoms with Crippen LogP contribution in [0.5, 0.6) is 11.5 Å². The van der Waals surface area contributed by atoms with Gasteiger partial charge in [0.25, 0.3) is 0 Å². The summed E-state index contributed by atoms with van der Waals surface area (Å²) in [4.78, 5) is 11.2. The van der Waals surface area contributed by atoms with Gasteiger partial charge in [0, 0.05) is 13.0 Å². The lowest BCUT2D eigenvalue weighted by Crippen LogP contribution is -2.26. The fourth-order valence-electron chi connectivity index (χ4n) is 3.46. The van der Waals surface area contributed by atoms with Gasteiger partial charge in [0.1, 0.15) is 18.1 Å². The molecule has 0 heterocycles. The Kier molecular flexibility index (Phi) is 8.67. The molecule has 0 amide bonds. The average molecular weight is 447 g/mol. The zero-order valence-electron chi connectivity index (χ0n) is 19.3. The Balaban J connectivity index is 1.56. The molecule has 1 atom stereocenters. The maximum absolute atomic E-state index is 11.2. The van der Waals surface area contributed by atoms with Crippen LogP contribution in [-0.4, -0.2) is 37.5 Å². The summed E-state index contributed by atoms with van der Waals surface area (Å²) >= 11 is 0. The largest absolute Gasteiger partial charge is 0.497 e. The van der Waals surface area contributed by atoms with Gasteiger partial charge in [-0.05, 0) is 72.0 Å². The van der Waals surface area contributed by atoms with Gasteiger partial charge in [-0.15, -0.1) is 0 Å². The number of rotatable bonds is 11. The first-order chi connectivity index (χ1) is 16.0. The number of carboxylic acids is 1. The van der Waals surface area contributed by atoms with Crippen molar-refractivity contribution in [1.29, 1.82) is 0 Å². The molecule has 0 bridgehead atoms. The summed E-state index contributed by atoms with van der Waals surface area (Å²) in [5.41, 5.74) is 5.41. The van der Waals surface area contributed by atoms with Crippen LogP contribution in [0.1, 0.15) is 25.0 Å². The van der Waals surface area contributed by atoms with Crippen molar-refractivity contribution in [3.05, 3.63) is 90.0 Å². The Morgan fingerprint density at radius 1 is 0.970 bits per heavy atom. The van der Waals surface area contributed by atoms with Crippen LogP contribution < -0.4 is 9.47 Å². The highest BCUT2D eigenvalue weighted by Gasteiger charge is 2.17. The van der Waals surface area contributed by atoms with Crippen molar-refractivity contribution in [2.24, 2.45) is 0 Å². The summed E-state index contributed by atoms with van der Waals surface area (Å²) in [6.45, 7) is 4.66. The van der Waals surface area contributed by atoms with Crippen molar-refractivity contribution < 1.29 is 24.1 Å². The predicted octanol–water partition coefficient (Wildman–Crippen LogP) is 5.88. The molecule has 0 fully saturated rings. The highest BCUT2D eigenvalue weighted by atomic mass is 16.5. The number of methoxy groups -OCH3 is 1. The zero-order valence-corrected chi connectivity index (χ0v) is 19.3. The zero-order chi connectivity index (χ0) is 23.6. The lowest BCUT2D eigenvalue weighted by molar-refractivity contribution is -0.149. The van der Waals surface area contributed by atoms with Crippen LogP contribution in [0.2, 0.25) is 0 Å². The maximum atomic E-state index is 11.2. The van der Waals surface area contributed by atoms with E-state index in [4.69, 9.17) is 14.2 Å². The van der Waals surface area contributed by atoms with Crippen LogP contribution in [0, 0.1) is 0 Å². The molecule has 5 nitrogen and oxygen atoms in total. The summed E-state index contributed by atoms with van der Waals surface area (Å²) in [6, 6.07) is 23.9. The van der Waals surface area contributed by atoms with Crippen molar-refractivity contribution in [3.63, 3.8) is 0 Å². The van der Waals surface area contributed by atoms with E-state index in [1.807, 2.05) is 48.5 Å². The Bertz CT molecular complexity index is 1070. The summed E-state index contributed by atoms with van der Waals surface area (Å²) in [6.07, 6.45) is 1.54. The number of hydrogen-bond acceptors (Lipinski definition) is 4. The van der Waals surface area contributed by atoms with Gasteiger partial charge >= 0.3 is 5.97 Å². The van der Waals surface area contributed by atoms with Crippen molar-refractivity contribution in [3.8, 4) is 22.6 Å². The van der Waals surface area contributed by atoms with E-state index in [9.17, 15) is 9.90 Å². The molecule has 0 saturated carbocycles. The number of hydrogen-bond donors (Lipinski definition) is 1. The Hall–Kier alpha value is -3.57. The molecule has 0 aliphatic carbocycles. The predicted molar refractivity (Wildman–Crippen MR) is 131 cm³/mol. The summed E-state index contributed by atoms with van der Waals surface area (Å²) in [5, 5.41) is 9.22. The second-order valence-electron chi connectivity index (χ2n) is 7.64. The van der Waals surface area contributed by atoms with Gasteiger partial charge in [0.15, 0.2) is 6.10 Å². The molecule has 0 saturated heterocycles. The molecule has 0 aliphatic heterocycles. The molecule has 0 aromatic heterocycles. The number of ether oxygens (including phenoxy) is 3. The topological polar surface area (TPSA) is 65.0 Å². The van der Waals surface area contributed by atoms with Crippen LogP contribution in [0.4, 0.5) is 0 Å². The van der Waals surface area contributed by atoms with Crippen LogP contribution >= 0.6 is 0 Å². The van der Waals surface area contributed by atoms with Crippen molar-refractivity contribution in [2.75, 3.05) is 20.3 Å². The SMILES string of the molecule is CCO[C@@H](Cc1ccc(OC/C=C(/C)c2ccc(-c3cccc(OC)c3)cc2)cc1)C(=O)O. The molecule has 172 valence electrons. The van der Waals surface area contributed by atoms with E-state index in [1.165, 1.54) is 0 Å². The minimum Gasteiger partial charge on any atom is -0.497 e. The smallest absolute Gasteiger partial charge is 0.333 e. The Labute approximate surface area is 195 Å². The molecular formula is C28H30O5. The highest BCUT2D eigenvalue weighted by molar-refractivity contribution is 5.73. The van der Waals surface area contributed by atoms with E-state index >= 15 is 0 Å². The van der Waals surface area contributed by atoms with Gasteiger partial charge < -0.3 is 19.3 Å². The van der Waals surface area contributed by atoms with Crippen LogP contribution in [0.3, 0.4) is 0 Å². The Morgan fingerprint density at radius 3 is 2.33 bits per heavy atom. The van der Waals surface area contributed by atoms with Crippen LogP contribution in [0.15, 0.2) is 78.9 Å². The minimum absolute atomic E-state index is 0.328. The molecule has 3 aromatic carbocycles. The number of benzene rings is 3. The number of carboxylic acid groups (broad SMARTS) is 1. The first-order valence-electron chi connectivity index (χ1n) is 11.0. The fourth-order valence-corrected chi connectivity index (χ4v) is 3.46. The second kappa shape index (κ2) is 11.9. The molecule has 0 aliphatic rings. The molecular weight excluding hydrogens is 416 g/mol. The van der Waals surface area contributed by atoms with Gasteiger partial charge in [-0.1, -0.05) is 48.5 Å². The molecule has 5 heteroatoms. The first kappa shape index (κ1) is 24.1. The molecule has 3 aromatic rings. The van der Waals surface area contributed by atoms with E-state index < -0.39 is 12.1 Å². The average Bonchev–Trinajstić information content (AvgIpc) is 2.84. The maximum Gasteiger partial charge on any atom is 0.333 e. The van der Waals surface area contributed by atoms with E-state index in [0.717, 1.165) is 39.3 Å². The van der Waals surface area contributed by atoms with Gasteiger partial charge in [-0.25, -0.2) is 4.79 Å². The van der Waals surface area contributed by atoms with Gasteiger partial charge in [-0.2, -0.15) is 0 Å². The lowest BCUT2D eigenvalue weighted by atomic mass is 10.0. The molecule has 0 radical (unpaired) electrons. The summed E-state index contributed by atoms with van der Waals surface area (Å²) in [7, 11) is 1.67. The minimum atomic E-state index is -0.950. The molecule has 0 spiro atoms. The van der Waals surface area contributed by atoms with Crippen molar-refractivity contribution >= 4 is 11.5 Å². The third-order valence-corrected chi connectivity index (χ3v) is 5.37. The molecule has 0 unspecified atom stereocenters. The second-order valence-corrected chi connectivity index (χ2v) is 7.64. The quantitative estimate of drug-likeness (QED) is 0.399. The molecule has 33 heavy (non-hydrogen) atoms. The van der Waals surface area contributed by atoms with E-state index in [2.05, 4.69) is 37.3 Å². The lowest BCUT2D eigenvalue weighted by Gasteiger charge is -2.12. The first-order valence-corrected chi connectivity index (χ1v) is 11.0. The van der Waals surface area contributed by atoms with E-state index in [-0.39, 0.29) is 0 Å². The van der Waals surface area contributed by atoms with E-state index in [0.29, 0.717) is 19.6 Å².